The molecule has 60 heavy (non-hydrogen) atoms. The zero-order chi connectivity index (χ0) is 39.8. The molecule has 5 heterocycles. The molecule has 0 atom stereocenters. The number of nitrogens with zero attached hydrogens (tertiary/aromatic N) is 4. The molecule has 8 aromatic carbocycles. The number of anilines is 4. The molecular weight excluding hydrogens is 773 g/mol. The third kappa shape index (κ3) is 4.76. The topological polar surface area (TPSA) is 33.0 Å². The van der Waals surface area contributed by atoms with Crippen molar-refractivity contribution in [2.75, 3.05) is 16.5 Å². The van der Waals surface area contributed by atoms with Crippen LogP contribution in [0.5, 0.6) is 11.5 Å². The number of benzene rings is 8. The lowest BCUT2D eigenvalue weighted by Crippen LogP contribution is -2.25. The summed E-state index contributed by atoms with van der Waals surface area (Å²) in [5.41, 5.74) is 12.8. The lowest BCUT2D eigenvalue weighted by atomic mass is 9.98. The van der Waals surface area contributed by atoms with Crippen LogP contribution in [0.25, 0.3) is 78.7 Å². The quantitative estimate of drug-likeness (QED) is 0.166. The Morgan fingerprint density at radius 2 is 1.23 bits per heavy atom. The van der Waals surface area contributed by atoms with Gasteiger partial charge in [0.15, 0.2) is 0 Å². The maximum Gasteiger partial charge on any atom is 0.146 e. The Hall–Kier alpha value is -6.93. The lowest BCUT2D eigenvalue weighted by Gasteiger charge is -2.25. The van der Waals surface area contributed by atoms with Crippen LogP contribution in [0.1, 0.15) is 16.7 Å². The van der Waals surface area contributed by atoms with E-state index in [1.165, 1.54) is 85.7 Å². The van der Waals surface area contributed by atoms with E-state index in [2.05, 4.69) is 187 Å². The summed E-state index contributed by atoms with van der Waals surface area (Å²) in [5, 5.41) is 8.61. The molecular formula is C53H36N4OS2. The third-order valence-corrected chi connectivity index (χ3v) is 14.8. The fourth-order valence-electron chi connectivity index (χ4n) is 10.1. The molecule has 0 saturated carbocycles. The SMILES string of the molecule is Cc1cc(C)c(N2CN(c3cccc(Oc4cc5c(c6c4sc4ccccc46)c4c6sc7ccccc7c6ccc4n4c6ccccc6nc54)c3)c3ccccc32)c(C)c1. The average molecular weight is 809 g/mol. The molecule has 4 aromatic heterocycles. The van der Waals surface area contributed by atoms with Gasteiger partial charge < -0.3 is 14.5 Å². The van der Waals surface area contributed by atoms with Gasteiger partial charge in [0.2, 0.25) is 0 Å². The van der Waals surface area contributed by atoms with Crippen molar-refractivity contribution in [1.29, 1.82) is 0 Å². The summed E-state index contributed by atoms with van der Waals surface area (Å²) < 4.78 is 14.5. The first kappa shape index (κ1) is 34.0. The number of ether oxygens (including phenoxy) is 1. The van der Waals surface area contributed by atoms with Crippen LogP contribution < -0.4 is 14.5 Å². The molecule has 0 radical (unpaired) electrons. The van der Waals surface area contributed by atoms with Crippen molar-refractivity contribution in [3.05, 3.63) is 168 Å². The van der Waals surface area contributed by atoms with Crippen molar-refractivity contribution in [3.63, 3.8) is 0 Å². The van der Waals surface area contributed by atoms with E-state index in [0.717, 1.165) is 44.0 Å². The Balaban J connectivity index is 1.05. The molecule has 0 aliphatic carbocycles. The molecule has 12 aromatic rings. The van der Waals surface area contributed by atoms with Gasteiger partial charge in [-0.25, -0.2) is 4.98 Å². The molecule has 1 aliphatic heterocycles. The molecule has 7 heteroatoms. The van der Waals surface area contributed by atoms with Gasteiger partial charge in [-0.2, -0.15) is 0 Å². The average Bonchev–Trinajstić information content (AvgIpc) is 4.04. The van der Waals surface area contributed by atoms with Gasteiger partial charge in [-0.15, -0.1) is 22.7 Å². The molecule has 0 bridgehead atoms. The van der Waals surface area contributed by atoms with Gasteiger partial charge in [-0.05, 0) is 92.6 Å². The molecule has 0 spiro atoms. The normalized spacial score (nSPS) is 13.1. The molecule has 1 aliphatic rings. The highest BCUT2D eigenvalue weighted by molar-refractivity contribution is 7.27. The Kier molecular flexibility index (Phi) is 7.10. The minimum atomic E-state index is 0.703. The minimum Gasteiger partial charge on any atom is -0.456 e. The summed E-state index contributed by atoms with van der Waals surface area (Å²) >= 11 is 3.69. The number of pyridine rings is 1. The first-order valence-electron chi connectivity index (χ1n) is 20.4. The molecule has 13 rings (SSSR count). The van der Waals surface area contributed by atoms with Gasteiger partial charge in [0.25, 0.3) is 0 Å². The number of para-hydroxylation sites is 4. The first-order chi connectivity index (χ1) is 29.5. The number of hydrogen-bond acceptors (Lipinski definition) is 6. The summed E-state index contributed by atoms with van der Waals surface area (Å²) in [6.45, 7) is 7.32. The summed E-state index contributed by atoms with van der Waals surface area (Å²) in [5.74, 6) is 1.63. The Morgan fingerprint density at radius 3 is 2.07 bits per heavy atom. The number of aryl methyl sites for hydroxylation is 3. The van der Waals surface area contributed by atoms with Crippen LogP contribution in [-0.2, 0) is 0 Å². The van der Waals surface area contributed by atoms with Crippen LogP contribution in [0.4, 0.5) is 22.7 Å². The predicted molar refractivity (Wildman–Crippen MR) is 256 cm³/mol. The fourth-order valence-corrected chi connectivity index (χ4v) is 12.5. The number of rotatable bonds is 4. The van der Waals surface area contributed by atoms with Gasteiger partial charge in [-0.1, -0.05) is 90.5 Å². The maximum atomic E-state index is 7.19. The van der Waals surface area contributed by atoms with Crippen molar-refractivity contribution in [1.82, 2.24) is 9.38 Å². The van der Waals surface area contributed by atoms with E-state index in [4.69, 9.17) is 9.72 Å². The Bertz CT molecular complexity index is 3780. The second-order valence-electron chi connectivity index (χ2n) is 16.1. The number of imidazole rings is 1. The smallest absolute Gasteiger partial charge is 0.146 e. The minimum absolute atomic E-state index is 0.703. The number of thiophene rings is 2. The first-order valence-corrected chi connectivity index (χ1v) is 22.0. The predicted octanol–water partition coefficient (Wildman–Crippen LogP) is 15.5. The molecule has 5 nitrogen and oxygen atoms in total. The largest absolute Gasteiger partial charge is 0.456 e. The zero-order valence-electron chi connectivity index (χ0n) is 33.2. The Labute approximate surface area is 353 Å². The van der Waals surface area contributed by atoms with Crippen LogP contribution in [-0.4, -0.2) is 16.1 Å². The van der Waals surface area contributed by atoms with E-state index in [1.54, 1.807) is 0 Å². The second kappa shape index (κ2) is 12.5. The lowest BCUT2D eigenvalue weighted by molar-refractivity contribution is 0.490. The molecule has 0 saturated heterocycles. The van der Waals surface area contributed by atoms with E-state index in [1.807, 2.05) is 22.7 Å². The molecule has 0 fully saturated rings. The summed E-state index contributed by atoms with van der Waals surface area (Å²) in [4.78, 5) is 10.2. The highest BCUT2D eigenvalue weighted by atomic mass is 32.1. The molecule has 286 valence electrons. The van der Waals surface area contributed by atoms with E-state index in [9.17, 15) is 0 Å². The van der Waals surface area contributed by atoms with Crippen molar-refractivity contribution < 1.29 is 4.74 Å². The fraction of sp³-hybridized carbons (Fsp3) is 0.0755. The number of aromatic nitrogens is 2. The van der Waals surface area contributed by atoms with Crippen molar-refractivity contribution in [3.8, 4) is 11.5 Å². The van der Waals surface area contributed by atoms with Crippen molar-refractivity contribution >= 4 is 124 Å². The summed E-state index contributed by atoms with van der Waals surface area (Å²) in [6.07, 6.45) is 0. The van der Waals surface area contributed by atoms with E-state index < -0.39 is 0 Å². The maximum absolute atomic E-state index is 7.19. The van der Waals surface area contributed by atoms with Gasteiger partial charge in [0, 0.05) is 69.2 Å². The molecule has 0 N–H and O–H groups in total. The summed E-state index contributed by atoms with van der Waals surface area (Å²) in [6, 6.07) is 54.9. The van der Waals surface area contributed by atoms with Gasteiger partial charge >= 0.3 is 0 Å². The van der Waals surface area contributed by atoms with Gasteiger partial charge in [-0.3, -0.25) is 4.40 Å². The zero-order valence-corrected chi connectivity index (χ0v) is 34.8. The van der Waals surface area contributed by atoms with E-state index in [0.29, 0.717) is 6.67 Å². The highest BCUT2D eigenvalue weighted by Crippen LogP contribution is 2.52. The number of fused-ring (bicyclic) bond motifs is 17. The van der Waals surface area contributed by atoms with Crippen LogP contribution >= 0.6 is 22.7 Å². The third-order valence-electron chi connectivity index (χ3n) is 12.4. The standard InChI is InChI=1S/C53H36N4OS2/c1-30-25-31(2)50(32(3)26-30)56-29-55(41-19-8-9-20-42(41)56)33-13-12-14-34(27-33)58-44-28-38-47(48-37-16-5-11-22-46(37)60-52(44)48)49-43(57-40-18-7-6-17-39(40)54-53(38)57)24-23-36-35-15-4-10-21-45(35)59-51(36)49/h4-28H,29H2,1-3H3. The second-order valence-corrected chi connectivity index (χ2v) is 18.2. The summed E-state index contributed by atoms with van der Waals surface area (Å²) in [7, 11) is 0. The van der Waals surface area contributed by atoms with Gasteiger partial charge in [0.05, 0.1) is 32.6 Å². The molecule has 0 amide bonds. The van der Waals surface area contributed by atoms with E-state index in [-0.39, 0.29) is 0 Å². The van der Waals surface area contributed by atoms with Crippen LogP contribution in [0.2, 0.25) is 0 Å². The molecule has 0 unspecified atom stereocenters. The number of hydrogen-bond donors (Lipinski definition) is 0. The van der Waals surface area contributed by atoms with Crippen molar-refractivity contribution in [2.45, 2.75) is 20.8 Å². The van der Waals surface area contributed by atoms with Crippen LogP contribution in [0.15, 0.2) is 152 Å². The van der Waals surface area contributed by atoms with Crippen LogP contribution in [0.3, 0.4) is 0 Å². The monoisotopic (exact) mass is 808 g/mol. The van der Waals surface area contributed by atoms with E-state index >= 15 is 0 Å². The highest BCUT2D eigenvalue weighted by Gasteiger charge is 2.30. The van der Waals surface area contributed by atoms with Gasteiger partial charge in [0.1, 0.15) is 23.8 Å². The van der Waals surface area contributed by atoms with Crippen molar-refractivity contribution in [2.24, 2.45) is 0 Å². The Morgan fingerprint density at radius 1 is 0.533 bits per heavy atom. The van der Waals surface area contributed by atoms with Crippen LogP contribution in [0, 0.1) is 20.8 Å².